The van der Waals surface area contributed by atoms with Gasteiger partial charge in [0.2, 0.25) is 0 Å². The van der Waals surface area contributed by atoms with Gasteiger partial charge in [0.05, 0.1) is 23.0 Å². The number of amides is 1. The average molecular weight is 412 g/mol. The number of carbonyl (C=O) groups excluding carboxylic acids is 1. The number of rotatable bonds is 4. The van der Waals surface area contributed by atoms with Crippen LogP contribution in [0, 0.1) is 12.7 Å². The number of halogens is 2. The molecule has 4 rings (SSSR count). The van der Waals surface area contributed by atoms with E-state index in [0.717, 1.165) is 18.4 Å². The first-order valence-electron chi connectivity index (χ1n) is 9.87. The summed E-state index contributed by atoms with van der Waals surface area (Å²) in [5.74, 6) is -0.614. The molecule has 0 radical (unpaired) electrons. The molecule has 1 unspecified atom stereocenters. The van der Waals surface area contributed by atoms with E-state index in [2.05, 4.69) is 28.6 Å². The molecular weight excluding hydrogens is 389 g/mol. The van der Waals surface area contributed by atoms with Gasteiger partial charge < -0.3 is 5.32 Å². The van der Waals surface area contributed by atoms with Crippen LogP contribution in [0.15, 0.2) is 42.5 Å². The molecule has 1 atom stereocenters. The maximum Gasteiger partial charge on any atom is 0.256 e. The van der Waals surface area contributed by atoms with Gasteiger partial charge in [-0.15, -0.1) is 0 Å². The topological polar surface area (TPSA) is 46.9 Å². The van der Waals surface area contributed by atoms with Crippen LogP contribution in [0.4, 0.5) is 4.39 Å². The molecule has 0 saturated carbocycles. The minimum atomic E-state index is -0.342. The highest BCUT2D eigenvalue weighted by molar-refractivity contribution is 6.33. The van der Waals surface area contributed by atoms with Gasteiger partial charge in [-0.05, 0) is 80.5 Å². The summed E-state index contributed by atoms with van der Waals surface area (Å²) >= 11 is 6.47. The van der Waals surface area contributed by atoms with Crippen LogP contribution in [0.3, 0.4) is 0 Å². The van der Waals surface area contributed by atoms with Crippen molar-refractivity contribution in [3.05, 3.63) is 81.4 Å². The van der Waals surface area contributed by atoms with Crippen LogP contribution in [-0.4, -0.2) is 15.7 Å². The molecule has 6 heteroatoms. The van der Waals surface area contributed by atoms with Gasteiger partial charge in [-0.1, -0.05) is 29.8 Å². The number of hydrogen-bond acceptors (Lipinski definition) is 2. The van der Waals surface area contributed by atoms with E-state index in [0.29, 0.717) is 16.9 Å². The molecule has 1 heterocycles. The number of benzene rings is 2. The molecule has 150 valence electrons. The zero-order chi connectivity index (χ0) is 20.5. The summed E-state index contributed by atoms with van der Waals surface area (Å²) in [6, 6.07) is 12.1. The van der Waals surface area contributed by atoms with E-state index < -0.39 is 0 Å². The van der Waals surface area contributed by atoms with Crippen molar-refractivity contribution in [3.63, 3.8) is 0 Å². The Morgan fingerprint density at radius 1 is 1.14 bits per heavy atom. The smallest absolute Gasteiger partial charge is 0.256 e. The van der Waals surface area contributed by atoms with Crippen molar-refractivity contribution in [2.45, 2.75) is 45.6 Å². The molecule has 1 amide bonds. The molecule has 4 nitrogen and oxygen atoms in total. The number of carbonyl (C=O) groups is 1. The van der Waals surface area contributed by atoms with Crippen molar-refractivity contribution in [1.29, 1.82) is 0 Å². The Kier molecular flexibility index (Phi) is 5.41. The van der Waals surface area contributed by atoms with Crippen molar-refractivity contribution in [3.8, 4) is 5.69 Å². The number of fused-ring (bicyclic) bond motifs is 1. The fourth-order valence-electron chi connectivity index (χ4n) is 3.89. The summed E-state index contributed by atoms with van der Waals surface area (Å²) < 4.78 is 14.7. The van der Waals surface area contributed by atoms with Crippen LogP contribution in [0.5, 0.6) is 0 Å². The number of nitrogens with one attached hydrogen (secondary N) is 1. The van der Waals surface area contributed by atoms with E-state index in [1.165, 1.54) is 40.8 Å². The van der Waals surface area contributed by atoms with Crippen LogP contribution in [0.2, 0.25) is 5.15 Å². The van der Waals surface area contributed by atoms with E-state index in [4.69, 9.17) is 11.6 Å². The zero-order valence-corrected chi connectivity index (χ0v) is 17.3. The van der Waals surface area contributed by atoms with E-state index in [1.54, 1.807) is 19.1 Å². The molecule has 0 saturated heterocycles. The summed E-state index contributed by atoms with van der Waals surface area (Å²) in [5.41, 5.74) is 5.33. The third kappa shape index (κ3) is 3.92. The van der Waals surface area contributed by atoms with Crippen LogP contribution >= 0.6 is 11.6 Å². The summed E-state index contributed by atoms with van der Waals surface area (Å²) in [6.45, 7) is 3.71. The van der Waals surface area contributed by atoms with E-state index in [-0.39, 0.29) is 22.9 Å². The molecule has 29 heavy (non-hydrogen) atoms. The van der Waals surface area contributed by atoms with Gasteiger partial charge in [-0.25, -0.2) is 9.07 Å². The Labute approximate surface area is 174 Å². The highest BCUT2D eigenvalue weighted by Gasteiger charge is 2.23. The number of hydrogen-bond donors (Lipinski definition) is 1. The van der Waals surface area contributed by atoms with E-state index >= 15 is 0 Å². The third-order valence-corrected chi connectivity index (χ3v) is 5.87. The molecule has 0 bridgehead atoms. The molecule has 0 spiro atoms. The summed E-state index contributed by atoms with van der Waals surface area (Å²) in [5, 5.41) is 7.62. The number of aryl methyl sites for hydroxylation is 3. The third-order valence-electron chi connectivity index (χ3n) is 5.52. The summed E-state index contributed by atoms with van der Waals surface area (Å²) in [7, 11) is 0. The van der Waals surface area contributed by atoms with Gasteiger partial charge in [0.25, 0.3) is 5.91 Å². The standard InChI is InChI=1S/C23H23ClFN3O/c1-14(17-8-7-16-5-3-4-6-18(16)13-17)26-23(29)21-15(2)27-28(22(21)24)20-11-9-19(25)10-12-20/h7-14H,3-6H2,1-2H3,(H,26,29). The Morgan fingerprint density at radius 3 is 2.55 bits per heavy atom. The van der Waals surface area contributed by atoms with E-state index in [9.17, 15) is 9.18 Å². The summed E-state index contributed by atoms with van der Waals surface area (Å²) in [4.78, 5) is 12.9. The maximum atomic E-state index is 13.2. The molecule has 1 N–H and O–H groups in total. The number of aromatic nitrogens is 2. The second kappa shape index (κ2) is 7.99. The maximum absolute atomic E-state index is 13.2. The van der Waals surface area contributed by atoms with Crippen molar-refractivity contribution < 1.29 is 9.18 Å². The van der Waals surface area contributed by atoms with E-state index in [1.807, 2.05) is 6.92 Å². The average Bonchev–Trinajstić information content (AvgIpc) is 3.02. The lowest BCUT2D eigenvalue weighted by Crippen LogP contribution is -2.27. The molecule has 2 aromatic carbocycles. The normalized spacial score (nSPS) is 14.3. The molecule has 0 aliphatic heterocycles. The van der Waals surface area contributed by atoms with Crippen molar-refractivity contribution >= 4 is 17.5 Å². The Morgan fingerprint density at radius 2 is 1.83 bits per heavy atom. The summed E-state index contributed by atoms with van der Waals surface area (Å²) in [6.07, 6.45) is 4.69. The molecule has 0 fully saturated rings. The highest BCUT2D eigenvalue weighted by Crippen LogP contribution is 2.27. The number of nitrogens with zero attached hydrogens (tertiary/aromatic N) is 2. The van der Waals surface area contributed by atoms with Crippen LogP contribution in [0.1, 0.15) is 58.5 Å². The highest BCUT2D eigenvalue weighted by atomic mass is 35.5. The van der Waals surface area contributed by atoms with Gasteiger partial charge in [0.1, 0.15) is 11.0 Å². The van der Waals surface area contributed by atoms with Gasteiger partial charge in [0.15, 0.2) is 0 Å². The second-order valence-corrected chi connectivity index (χ2v) is 7.93. The first-order valence-corrected chi connectivity index (χ1v) is 10.3. The molecule has 1 aliphatic rings. The fraction of sp³-hybridized carbons (Fsp3) is 0.304. The Bertz CT molecular complexity index is 1060. The Hall–Kier alpha value is -2.66. The fourth-order valence-corrected chi connectivity index (χ4v) is 4.24. The second-order valence-electron chi connectivity index (χ2n) is 7.57. The first-order chi connectivity index (χ1) is 13.9. The zero-order valence-electron chi connectivity index (χ0n) is 16.5. The molecule has 1 aromatic heterocycles. The lowest BCUT2D eigenvalue weighted by Gasteiger charge is -2.20. The molecular formula is C23H23ClFN3O. The minimum absolute atomic E-state index is 0.153. The minimum Gasteiger partial charge on any atom is -0.345 e. The molecule has 3 aromatic rings. The first kappa shape index (κ1) is 19.6. The van der Waals surface area contributed by atoms with Gasteiger partial charge >= 0.3 is 0 Å². The van der Waals surface area contributed by atoms with Crippen LogP contribution in [-0.2, 0) is 12.8 Å². The quantitative estimate of drug-likeness (QED) is 0.629. The van der Waals surface area contributed by atoms with Crippen molar-refractivity contribution in [2.24, 2.45) is 0 Å². The molecule has 1 aliphatic carbocycles. The van der Waals surface area contributed by atoms with Crippen LogP contribution < -0.4 is 5.32 Å². The largest absolute Gasteiger partial charge is 0.345 e. The predicted octanol–water partition coefficient (Wildman–Crippen LogP) is 5.34. The van der Waals surface area contributed by atoms with Crippen molar-refractivity contribution in [1.82, 2.24) is 15.1 Å². The Balaban J connectivity index is 1.56. The van der Waals surface area contributed by atoms with Crippen molar-refractivity contribution in [2.75, 3.05) is 0 Å². The van der Waals surface area contributed by atoms with Gasteiger partial charge in [0, 0.05) is 0 Å². The van der Waals surface area contributed by atoms with Crippen LogP contribution in [0.25, 0.3) is 5.69 Å². The van der Waals surface area contributed by atoms with Gasteiger partial charge in [-0.3, -0.25) is 4.79 Å². The lowest BCUT2D eigenvalue weighted by molar-refractivity contribution is 0.0939. The van der Waals surface area contributed by atoms with Gasteiger partial charge in [-0.2, -0.15) is 5.10 Å². The monoisotopic (exact) mass is 411 g/mol. The lowest BCUT2D eigenvalue weighted by atomic mass is 9.89. The predicted molar refractivity (Wildman–Crippen MR) is 112 cm³/mol. The SMILES string of the molecule is Cc1nn(-c2ccc(F)cc2)c(Cl)c1C(=O)NC(C)c1ccc2c(c1)CCCC2.